The Morgan fingerprint density at radius 1 is 1.22 bits per heavy atom. The van der Waals surface area contributed by atoms with Crippen LogP contribution in [0, 0.1) is 0 Å². The molecule has 18 heavy (non-hydrogen) atoms. The molecule has 0 bridgehead atoms. The van der Waals surface area contributed by atoms with Gasteiger partial charge in [0.05, 0.1) is 18.6 Å². The molecule has 0 saturated carbocycles. The lowest BCUT2D eigenvalue weighted by Crippen LogP contribution is -2.15. The van der Waals surface area contributed by atoms with Crippen LogP contribution >= 0.6 is 0 Å². The van der Waals surface area contributed by atoms with E-state index >= 15 is 0 Å². The van der Waals surface area contributed by atoms with Crippen LogP contribution in [0.5, 0.6) is 11.5 Å². The van der Waals surface area contributed by atoms with Crippen LogP contribution in [0.2, 0.25) is 0 Å². The Bertz CT molecular complexity index is 488. The predicted molar refractivity (Wildman–Crippen MR) is 70.6 cm³/mol. The zero-order chi connectivity index (χ0) is 13.6. The van der Waals surface area contributed by atoms with Crippen LogP contribution in [0.25, 0.3) is 0 Å². The van der Waals surface area contributed by atoms with Gasteiger partial charge in [0.2, 0.25) is 10.0 Å². The smallest absolute Gasteiger partial charge is 0.229 e. The summed E-state index contributed by atoms with van der Waals surface area (Å²) in [5.74, 6) is 1.06. The maximum atomic E-state index is 11.1. The minimum atomic E-state index is -3.30. The Morgan fingerprint density at radius 2 is 1.94 bits per heavy atom. The molecule has 0 unspecified atom stereocenters. The summed E-state index contributed by atoms with van der Waals surface area (Å²) in [5.41, 5.74) is 0.442. The largest absolute Gasteiger partial charge is 0.490 e. The zero-order valence-electron chi connectivity index (χ0n) is 10.7. The monoisotopic (exact) mass is 274 g/mol. The second-order valence-electron chi connectivity index (χ2n) is 3.61. The third-order valence-electron chi connectivity index (χ3n) is 1.92. The Labute approximate surface area is 107 Å². The van der Waals surface area contributed by atoms with Gasteiger partial charge < -0.3 is 9.47 Å². The summed E-state index contributed by atoms with van der Waals surface area (Å²) in [6.45, 7) is 2.66. The van der Waals surface area contributed by atoms with Gasteiger partial charge in [-0.05, 0) is 26.1 Å². The van der Waals surface area contributed by atoms with E-state index in [1.54, 1.807) is 25.2 Å². The van der Waals surface area contributed by atoms with Gasteiger partial charge in [0.25, 0.3) is 0 Å². The molecule has 0 amide bonds. The first kappa shape index (κ1) is 14.6. The lowest BCUT2D eigenvalue weighted by molar-refractivity contribution is 0.264. The van der Waals surface area contributed by atoms with Crippen molar-refractivity contribution in [1.29, 1.82) is 0 Å². The molecule has 7 heteroatoms. The van der Waals surface area contributed by atoms with E-state index < -0.39 is 10.0 Å². The third-order valence-corrected chi connectivity index (χ3v) is 2.53. The first-order valence-electron chi connectivity index (χ1n) is 5.48. The highest BCUT2D eigenvalue weighted by atomic mass is 32.2. The van der Waals surface area contributed by atoms with E-state index in [-0.39, 0.29) is 0 Å². The summed E-state index contributed by atoms with van der Waals surface area (Å²) in [5, 5.41) is 2.85. The number of benzene rings is 1. The van der Waals surface area contributed by atoms with Crippen molar-refractivity contribution in [3.05, 3.63) is 18.2 Å². The van der Waals surface area contributed by atoms with Crippen LogP contribution in [0.4, 0.5) is 5.69 Å². The van der Waals surface area contributed by atoms with E-state index in [9.17, 15) is 8.42 Å². The van der Waals surface area contributed by atoms with Crippen LogP contribution in [0.1, 0.15) is 6.92 Å². The normalized spacial score (nSPS) is 11.1. The second-order valence-corrected chi connectivity index (χ2v) is 5.36. The van der Waals surface area contributed by atoms with Crippen molar-refractivity contribution in [2.24, 2.45) is 0 Å². The first-order valence-corrected chi connectivity index (χ1v) is 7.37. The molecule has 0 spiro atoms. The fraction of sp³-hybridized carbons (Fsp3) is 0.455. The van der Waals surface area contributed by atoms with Gasteiger partial charge in [-0.25, -0.2) is 8.42 Å². The van der Waals surface area contributed by atoms with Crippen molar-refractivity contribution in [3.8, 4) is 11.5 Å². The van der Waals surface area contributed by atoms with Crippen molar-refractivity contribution in [2.75, 3.05) is 31.4 Å². The molecular weight excluding hydrogens is 256 g/mol. The molecule has 1 aromatic carbocycles. The molecule has 0 heterocycles. The van der Waals surface area contributed by atoms with Gasteiger partial charge in [0.15, 0.2) is 11.5 Å². The van der Waals surface area contributed by atoms with Crippen LogP contribution in [-0.2, 0) is 10.0 Å². The summed E-state index contributed by atoms with van der Waals surface area (Å²) >= 11 is 0. The van der Waals surface area contributed by atoms with Gasteiger partial charge in [-0.2, -0.15) is 0 Å². The predicted octanol–water partition coefficient (Wildman–Crippen LogP) is 1.01. The molecule has 0 atom stereocenters. The minimum Gasteiger partial charge on any atom is -0.490 e. The number of nitrogens with one attached hydrogen (secondary N) is 2. The molecule has 1 rings (SSSR count). The molecular formula is C11H18N2O4S. The Morgan fingerprint density at radius 3 is 2.50 bits per heavy atom. The van der Waals surface area contributed by atoms with E-state index in [0.717, 1.165) is 6.26 Å². The number of hydrogen-bond acceptors (Lipinski definition) is 5. The average Bonchev–Trinajstić information content (AvgIpc) is 2.26. The molecule has 0 aromatic heterocycles. The van der Waals surface area contributed by atoms with Crippen molar-refractivity contribution < 1.29 is 17.9 Å². The molecule has 0 saturated heterocycles. The standard InChI is InChI=1S/C11H18N2O4S/c1-4-16-11-7-9(13-18(3,14)15)5-6-10(11)17-8-12-2/h5-7,12-13H,4,8H2,1-3H3. The number of ether oxygens (including phenoxy) is 2. The molecule has 1 aromatic rings. The Hall–Kier alpha value is -1.47. The van der Waals surface area contributed by atoms with E-state index in [0.29, 0.717) is 30.5 Å². The highest BCUT2D eigenvalue weighted by molar-refractivity contribution is 7.92. The molecule has 0 aliphatic rings. The lowest BCUT2D eigenvalue weighted by Gasteiger charge is -2.13. The maximum Gasteiger partial charge on any atom is 0.229 e. The summed E-state index contributed by atoms with van der Waals surface area (Å²) in [6, 6.07) is 4.87. The topological polar surface area (TPSA) is 76.7 Å². The van der Waals surface area contributed by atoms with Crippen LogP contribution in [-0.4, -0.2) is 35.1 Å². The summed E-state index contributed by atoms with van der Waals surface area (Å²) in [6.07, 6.45) is 1.10. The van der Waals surface area contributed by atoms with Gasteiger partial charge in [0, 0.05) is 6.07 Å². The molecule has 0 radical (unpaired) electrons. The Kier molecular flexibility index (Phi) is 5.24. The molecule has 0 fully saturated rings. The molecule has 2 N–H and O–H groups in total. The van der Waals surface area contributed by atoms with E-state index in [1.807, 2.05) is 6.92 Å². The maximum absolute atomic E-state index is 11.1. The zero-order valence-corrected chi connectivity index (χ0v) is 11.5. The van der Waals surface area contributed by atoms with E-state index in [2.05, 4.69) is 10.0 Å². The van der Waals surface area contributed by atoms with Crippen LogP contribution in [0.3, 0.4) is 0 Å². The Balaban J connectivity index is 2.95. The van der Waals surface area contributed by atoms with Gasteiger partial charge in [-0.3, -0.25) is 10.0 Å². The van der Waals surface area contributed by atoms with Crippen molar-refractivity contribution in [1.82, 2.24) is 5.32 Å². The third kappa shape index (κ3) is 4.80. The number of rotatable bonds is 7. The molecule has 0 aliphatic heterocycles. The average molecular weight is 274 g/mol. The summed E-state index contributed by atoms with van der Waals surface area (Å²) in [7, 11) is -1.53. The first-order chi connectivity index (χ1) is 8.46. The van der Waals surface area contributed by atoms with Crippen molar-refractivity contribution in [3.63, 3.8) is 0 Å². The van der Waals surface area contributed by atoms with Gasteiger partial charge in [0.1, 0.15) is 6.73 Å². The van der Waals surface area contributed by atoms with Gasteiger partial charge in [-0.1, -0.05) is 0 Å². The summed E-state index contributed by atoms with van der Waals surface area (Å²) in [4.78, 5) is 0. The fourth-order valence-electron chi connectivity index (χ4n) is 1.32. The fourth-order valence-corrected chi connectivity index (χ4v) is 1.88. The van der Waals surface area contributed by atoms with E-state index in [4.69, 9.17) is 9.47 Å². The number of hydrogen-bond donors (Lipinski definition) is 2. The number of anilines is 1. The second kappa shape index (κ2) is 6.46. The SMILES string of the molecule is CCOc1cc(NS(C)(=O)=O)ccc1OCNC. The van der Waals surface area contributed by atoms with Crippen molar-refractivity contribution >= 4 is 15.7 Å². The quantitative estimate of drug-likeness (QED) is 0.726. The molecule has 6 nitrogen and oxygen atoms in total. The number of sulfonamides is 1. The molecule has 102 valence electrons. The van der Waals surface area contributed by atoms with Crippen molar-refractivity contribution in [2.45, 2.75) is 6.92 Å². The van der Waals surface area contributed by atoms with Gasteiger partial charge >= 0.3 is 0 Å². The van der Waals surface area contributed by atoms with Gasteiger partial charge in [-0.15, -0.1) is 0 Å². The van der Waals surface area contributed by atoms with E-state index in [1.165, 1.54) is 0 Å². The summed E-state index contributed by atoms with van der Waals surface area (Å²) < 4.78 is 35.5. The molecule has 0 aliphatic carbocycles. The lowest BCUT2D eigenvalue weighted by atomic mass is 10.3. The highest BCUT2D eigenvalue weighted by Crippen LogP contribution is 2.30. The van der Waals surface area contributed by atoms with Crippen LogP contribution in [0.15, 0.2) is 18.2 Å². The van der Waals surface area contributed by atoms with Crippen LogP contribution < -0.4 is 19.5 Å². The minimum absolute atomic E-state index is 0.346. The highest BCUT2D eigenvalue weighted by Gasteiger charge is 2.08.